The van der Waals surface area contributed by atoms with Crippen molar-refractivity contribution in [2.24, 2.45) is 7.05 Å². The molecule has 0 saturated heterocycles. The number of rotatable bonds is 5. The van der Waals surface area contributed by atoms with E-state index < -0.39 is 0 Å². The van der Waals surface area contributed by atoms with Crippen molar-refractivity contribution in [3.05, 3.63) is 95.4 Å². The van der Waals surface area contributed by atoms with Gasteiger partial charge in [0.15, 0.2) is 5.69 Å². The summed E-state index contributed by atoms with van der Waals surface area (Å²) in [5.74, 6) is -0.253. The van der Waals surface area contributed by atoms with Crippen molar-refractivity contribution in [1.82, 2.24) is 19.6 Å². The SMILES string of the molecule is Cn1cc(Cl)c(C(=O)/C=C/c2cn(-c3ccccc3)nc2-c2ccccc2)n1. The lowest BCUT2D eigenvalue weighted by atomic mass is 10.1. The first-order chi connectivity index (χ1) is 13.6. The van der Waals surface area contributed by atoms with Crippen molar-refractivity contribution in [2.75, 3.05) is 0 Å². The van der Waals surface area contributed by atoms with E-state index in [1.54, 1.807) is 24.0 Å². The quantitative estimate of drug-likeness (QED) is 0.363. The Bertz CT molecular complexity index is 1140. The predicted octanol–water partition coefficient (Wildman–Crippen LogP) is 4.82. The topological polar surface area (TPSA) is 52.7 Å². The van der Waals surface area contributed by atoms with Gasteiger partial charge in [0.05, 0.1) is 16.4 Å². The molecule has 4 aromatic rings. The fraction of sp³-hybridized carbons (Fsp3) is 0.0455. The molecule has 4 rings (SSSR count). The molecule has 138 valence electrons. The third-order valence-electron chi connectivity index (χ3n) is 4.24. The number of aromatic nitrogens is 4. The maximum Gasteiger partial charge on any atom is 0.207 e. The van der Waals surface area contributed by atoms with Gasteiger partial charge in [-0.15, -0.1) is 0 Å². The normalized spacial score (nSPS) is 11.2. The Morgan fingerprint density at radius 1 is 0.964 bits per heavy atom. The Labute approximate surface area is 167 Å². The lowest BCUT2D eigenvalue weighted by molar-refractivity contribution is 0.104. The summed E-state index contributed by atoms with van der Waals surface area (Å²) in [6.07, 6.45) is 6.74. The number of ketones is 1. The van der Waals surface area contributed by atoms with Crippen LogP contribution in [0.3, 0.4) is 0 Å². The number of carbonyl (C=O) groups is 1. The molecule has 28 heavy (non-hydrogen) atoms. The van der Waals surface area contributed by atoms with Crippen molar-refractivity contribution in [1.29, 1.82) is 0 Å². The number of hydrogen-bond donors (Lipinski definition) is 0. The van der Waals surface area contributed by atoms with Crippen molar-refractivity contribution in [3.63, 3.8) is 0 Å². The standard InChI is InChI=1S/C22H17ClN4O/c1-26-15-19(23)22(24-26)20(28)13-12-17-14-27(18-10-6-3-7-11-18)25-21(17)16-8-4-2-5-9-16/h2-15H,1H3/b13-12+. The summed E-state index contributed by atoms with van der Waals surface area (Å²) in [7, 11) is 1.73. The van der Waals surface area contributed by atoms with Crippen molar-refractivity contribution >= 4 is 23.5 Å². The zero-order chi connectivity index (χ0) is 19.5. The van der Waals surface area contributed by atoms with E-state index in [0.29, 0.717) is 5.02 Å². The first-order valence-electron chi connectivity index (χ1n) is 8.74. The van der Waals surface area contributed by atoms with Crippen LogP contribution in [0.25, 0.3) is 23.0 Å². The first-order valence-corrected chi connectivity index (χ1v) is 9.11. The van der Waals surface area contributed by atoms with Crippen LogP contribution in [0, 0.1) is 0 Å². The fourth-order valence-corrected chi connectivity index (χ4v) is 3.19. The third kappa shape index (κ3) is 3.66. The van der Waals surface area contributed by atoms with Crippen LogP contribution in [0.4, 0.5) is 0 Å². The van der Waals surface area contributed by atoms with Gasteiger partial charge in [-0.25, -0.2) is 4.68 Å². The smallest absolute Gasteiger partial charge is 0.207 e. The van der Waals surface area contributed by atoms with Crippen molar-refractivity contribution < 1.29 is 4.79 Å². The molecule has 0 bridgehead atoms. The number of para-hydroxylation sites is 1. The predicted molar refractivity (Wildman–Crippen MR) is 111 cm³/mol. The molecule has 0 aliphatic heterocycles. The zero-order valence-electron chi connectivity index (χ0n) is 15.2. The Hall–Kier alpha value is -3.44. The third-order valence-corrected chi connectivity index (χ3v) is 4.52. The van der Waals surface area contributed by atoms with Gasteiger partial charge in [0.1, 0.15) is 0 Å². The number of aryl methyl sites for hydroxylation is 1. The molecule has 0 radical (unpaired) electrons. The minimum atomic E-state index is -0.253. The second-order valence-electron chi connectivity index (χ2n) is 6.28. The maximum atomic E-state index is 12.5. The highest BCUT2D eigenvalue weighted by Crippen LogP contribution is 2.25. The van der Waals surface area contributed by atoms with Crippen molar-refractivity contribution in [2.45, 2.75) is 0 Å². The van der Waals surface area contributed by atoms with Crippen LogP contribution in [0.2, 0.25) is 5.02 Å². The minimum Gasteiger partial charge on any atom is -0.287 e. The average Bonchev–Trinajstić information content (AvgIpc) is 3.30. The van der Waals surface area contributed by atoms with Gasteiger partial charge in [-0.05, 0) is 24.3 Å². The summed E-state index contributed by atoms with van der Waals surface area (Å²) in [5, 5.41) is 9.18. The van der Waals surface area contributed by atoms with E-state index in [1.807, 2.05) is 66.9 Å². The van der Waals surface area contributed by atoms with E-state index in [-0.39, 0.29) is 11.5 Å². The van der Waals surface area contributed by atoms with Crippen molar-refractivity contribution in [3.8, 4) is 16.9 Å². The molecule has 0 aliphatic carbocycles. The van der Waals surface area contributed by atoms with Gasteiger partial charge < -0.3 is 0 Å². The van der Waals surface area contributed by atoms with Crippen LogP contribution in [0.5, 0.6) is 0 Å². The summed E-state index contributed by atoms with van der Waals surface area (Å²) >= 11 is 6.08. The summed E-state index contributed by atoms with van der Waals surface area (Å²) < 4.78 is 3.33. The maximum absolute atomic E-state index is 12.5. The van der Waals surface area contributed by atoms with Gasteiger partial charge in [-0.3, -0.25) is 9.48 Å². The molecule has 0 atom stereocenters. The number of benzene rings is 2. The fourth-order valence-electron chi connectivity index (χ4n) is 2.91. The van der Waals surface area contributed by atoms with Crippen LogP contribution < -0.4 is 0 Å². The van der Waals surface area contributed by atoms with Crippen LogP contribution in [-0.2, 0) is 7.05 Å². The molecule has 0 saturated carbocycles. The zero-order valence-corrected chi connectivity index (χ0v) is 15.9. The summed E-state index contributed by atoms with van der Waals surface area (Å²) in [6.45, 7) is 0. The lowest BCUT2D eigenvalue weighted by Crippen LogP contribution is -1.98. The number of carbonyl (C=O) groups excluding carboxylic acids is 1. The van der Waals surface area contributed by atoms with Gasteiger partial charge in [-0.2, -0.15) is 10.2 Å². The van der Waals surface area contributed by atoms with Crippen LogP contribution in [-0.4, -0.2) is 25.3 Å². The molecule has 6 heteroatoms. The highest BCUT2D eigenvalue weighted by molar-refractivity contribution is 6.34. The van der Waals surface area contributed by atoms with Gasteiger partial charge in [-0.1, -0.05) is 60.1 Å². The number of halogens is 1. The van der Waals surface area contributed by atoms with E-state index in [4.69, 9.17) is 16.7 Å². The Morgan fingerprint density at radius 3 is 2.29 bits per heavy atom. The molecule has 0 amide bonds. The van der Waals surface area contributed by atoms with E-state index in [9.17, 15) is 4.79 Å². The van der Waals surface area contributed by atoms with Gasteiger partial charge in [0.2, 0.25) is 5.78 Å². The Kier molecular flexibility index (Phi) is 4.91. The Balaban J connectivity index is 1.74. The summed E-state index contributed by atoms with van der Waals surface area (Å²) in [6, 6.07) is 19.7. The molecule has 0 spiro atoms. The van der Waals surface area contributed by atoms with Crippen LogP contribution in [0.1, 0.15) is 16.1 Å². The summed E-state index contributed by atoms with van der Waals surface area (Å²) in [4.78, 5) is 12.5. The lowest BCUT2D eigenvalue weighted by Gasteiger charge is -2.00. The van der Waals surface area contributed by atoms with E-state index in [2.05, 4.69) is 5.10 Å². The number of nitrogens with zero attached hydrogens (tertiary/aromatic N) is 4. The van der Waals surface area contributed by atoms with E-state index in [1.165, 1.54) is 10.8 Å². The highest BCUT2D eigenvalue weighted by atomic mass is 35.5. The number of hydrogen-bond acceptors (Lipinski definition) is 3. The number of allylic oxidation sites excluding steroid dienone is 1. The second kappa shape index (κ2) is 7.66. The Morgan fingerprint density at radius 2 is 1.64 bits per heavy atom. The molecule has 5 nitrogen and oxygen atoms in total. The monoisotopic (exact) mass is 388 g/mol. The highest BCUT2D eigenvalue weighted by Gasteiger charge is 2.14. The van der Waals surface area contributed by atoms with E-state index in [0.717, 1.165) is 22.5 Å². The van der Waals surface area contributed by atoms with Gasteiger partial charge in [0, 0.05) is 30.6 Å². The molecule has 0 N–H and O–H groups in total. The molecule has 2 heterocycles. The summed E-state index contributed by atoms with van der Waals surface area (Å²) in [5.41, 5.74) is 3.77. The first kappa shape index (κ1) is 17.9. The molecule has 2 aromatic carbocycles. The van der Waals surface area contributed by atoms with Crippen LogP contribution >= 0.6 is 11.6 Å². The molecule has 2 aromatic heterocycles. The largest absolute Gasteiger partial charge is 0.287 e. The second-order valence-corrected chi connectivity index (χ2v) is 6.68. The van der Waals surface area contributed by atoms with Gasteiger partial charge >= 0.3 is 0 Å². The minimum absolute atomic E-state index is 0.233. The molecular formula is C22H17ClN4O. The van der Waals surface area contributed by atoms with Gasteiger partial charge in [0.25, 0.3) is 0 Å². The molecule has 0 fully saturated rings. The van der Waals surface area contributed by atoms with E-state index >= 15 is 0 Å². The molecular weight excluding hydrogens is 372 g/mol. The molecule has 0 aliphatic rings. The molecule has 0 unspecified atom stereocenters. The van der Waals surface area contributed by atoms with Crippen LogP contribution in [0.15, 0.2) is 79.1 Å². The average molecular weight is 389 g/mol.